The number of fused-ring (bicyclic) bond motifs is 1. The number of carboxylic acids is 1. The van der Waals surface area contributed by atoms with Crippen LogP contribution >= 0.6 is 0 Å². The number of methoxy groups -OCH3 is 1. The van der Waals surface area contributed by atoms with Gasteiger partial charge in [-0.2, -0.15) is 0 Å². The van der Waals surface area contributed by atoms with Crippen molar-refractivity contribution in [2.24, 2.45) is 0 Å². The van der Waals surface area contributed by atoms with E-state index < -0.39 is 11.5 Å². The molecular formula is C21H18KNO5. The number of pyridine rings is 2. The second-order valence-corrected chi connectivity index (χ2v) is 6.84. The van der Waals surface area contributed by atoms with Crippen LogP contribution in [-0.2, 0) is 0 Å². The molecule has 0 spiro atoms. The number of aryl methyl sites for hydroxylation is 1. The number of carbonyl (C=O) groups is 1. The molecule has 6 nitrogen and oxygen atoms in total. The van der Waals surface area contributed by atoms with Gasteiger partial charge in [0.2, 0.25) is 0 Å². The van der Waals surface area contributed by atoms with E-state index in [1.54, 1.807) is 30.5 Å². The molecule has 1 aliphatic rings. The van der Waals surface area contributed by atoms with Gasteiger partial charge in [0.1, 0.15) is 0 Å². The number of ether oxygens (including phenoxy) is 1. The molecule has 138 valence electrons. The maximum Gasteiger partial charge on any atom is 1.00 e. The summed E-state index contributed by atoms with van der Waals surface area (Å²) in [5.74, 6) is -0.796. The topological polar surface area (TPSA) is 91.1 Å². The van der Waals surface area contributed by atoms with E-state index in [-0.39, 0.29) is 68.6 Å². The molecule has 0 amide bonds. The van der Waals surface area contributed by atoms with Crippen molar-refractivity contribution in [1.29, 1.82) is 0 Å². The Morgan fingerprint density at radius 2 is 1.96 bits per heavy atom. The molecule has 1 aromatic carbocycles. The van der Waals surface area contributed by atoms with Gasteiger partial charge >= 0.3 is 51.4 Å². The predicted octanol–water partition coefficient (Wildman–Crippen LogP) is -0.766. The first-order valence-corrected chi connectivity index (χ1v) is 8.70. The summed E-state index contributed by atoms with van der Waals surface area (Å²) in [6, 6.07) is 8.31. The number of hydrogen-bond donors (Lipinski definition) is 1. The summed E-state index contributed by atoms with van der Waals surface area (Å²) in [5.41, 5.74) is 3.28. The summed E-state index contributed by atoms with van der Waals surface area (Å²) in [6.07, 6.45) is 3.53. The third kappa shape index (κ3) is 3.53. The average molecular weight is 403 g/mol. The zero-order valence-electron chi connectivity index (χ0n) is 16.0. The van der Waals surface area contributed by atoms with Crippen LogP contribution in [0, 0.1) is 6.92 Å². The van der Waals surface area contributed by atoms with Crippen LogP contribution in [0.25, 0.3) is 16.6 Å². The molecule has 1 fully saturated rings. The van der Waals surface area contributed by atoms with Gasteiger partial charge in [-0.15, -0.1) is 0 Å². The maximum absolute atomic E-state index is 12.6. The van der Waals surface area contributed by atoms with E-state index in [9.17, 15) is 19.8 Å². The Morgan fingerprint density at radius 1 is 1.25 bits per heavy atom. The number of rotatable bonds is 4. The third-order valence-corrected chi connectivity index (χ3v) is 5.14. The van der Waals surface area contributed by atoms with E-state index in [2.05, 4.69) is 0 Å². The molecule has 0 saturated heterocycles. The van der Waals surface area contributed by atoms with Gasteiger partial charge in [0, 0.05) is 6.20 Å². The van der Waals surface area contributed by atoms with Crippen molar-refractivity contribution in [3.05, 3.63) is 63.6 Å². The standard InChI is InChI=1S/C21H19NO5.K/c1-11-14(13-5-6-17(23)18(9-13)27-2)7-8-22-19(11)15(12-3-4-12)10-16(20(22)24)21(25)26;/h5-10,12,23H,3-4H2,1-2H3,(H,25,26);/q;+1/p-1. The first-order chi connectivity index (χ1) is 12.9. The smallest absolute Gasteiger partial charge is 0.545 e. The quantitative estimate of drug-likeness (QED) is 0.578. The molecule has 3 aromatic rings. The minimum absolute atomic E-state index is 0. The third-order valence-electron chi connectivity index (χ3n) is 5.14. The fourth-order valence-corrected chi connectivity index (χ4v) is 3.61. The second-order valence-electron chi connectivity index (χ2n) is 6.84. The SMILES string of the molecule is COc1cc(-c2ccn3c(=O)c(C(=O)[O-])cc(C4CC4)c3c2C)ccc1O.[K+]. The fourth-order valence-electron chi connectivity index (χ4n) is 3.61. The average Bonchev–Trinajstić information content (AvgIpc) is 3.48. The number of nitrogens with zero attached hydrogens (tertiary/aromatic N) is 1. The monoisotopic (exact) mass is 403 g/mol. The molecule has 0 bridgehead atoms. The van der Waals surface area contributed by atoms with Crippen LogP contribution in [0.5, 0.6) is 11.5 Å². The molecular weight excluding hydrogens is 385 g/mol. The van der Waals surface area contributed by atoms with Crippen molar-refractivity contribution < 1.29 is 71.1 Å². The van der Waals surface area contributed by atoms with Gasteiger partial charge in [0.15, 0.2) is 11.5 Å². The first-order valence-electron chi connectivity index (χ1n) is 8.70. The van der Waals surface area contributed by atoms with Crippen LogP contribution in [-0.4, -0.2) is 22.6 Å². The van der Waals surface area contributed by atoms with Crippen molar-refractivity contribution >= 4 is 11.5 Å². The molecule has 0 atom stereocenters. The number of carbonyl (C=O) groups excluding carboxylic acids is 1. The number of carboxylic acid groups (broad SMARTS) is 1. The van der Waals surface area contributed by atoms with Gasteiger partial charge in [0.05, 0.1) is 24.2 Å². The van der Waals surface area contributed by atoms with Crippen LogP contribution < -0.4 is 66.8 Å². The van der Waals surface area contributed by atoms with Crippen LogP contribution in [0.2, 0.25) is 0 Å². The van der Waals surface area contributed by atoms with E-state index >= 15 is 0 Å². The van der Waals surface area contributed by atoms with Crippen molar-refractivity contribution in [3.8, 4) is 22.6 Å². The Labute approximate surface area is 204 Å². The van der Waals surface area contributed by atoms with E-state index in [1.165, 1.54) is 17.6 Å². The summed E-state index contributed by atoms with van der Waals surface area (Å²) >= 11 is 0. The van der Waals surface area contributed by atoms with Gasteiger partial charge in [0.25, 0.3) is 5.56 Å². The van der Waals surface area contributed by atoms with Gasteiger partial charge in [-0.25, -0.2) is 0 Å². The summed E-state index contributed by atoms with van der Waals surface area (Å²) in [7, 11) is 1.48. The summed E-state index contributed by atoms with van der Waals surface area (Å²) in [6.45, 7) is 1.91. The van der Waals surface area contributed by atoms with Gasteiger partial charge < -0.3 is 19.7 Å². The predicted molar refractivity (Wildman–Crippen MR) is 98.4 cm³/mol. The van der Waals surface area contributed by atoms with Crippen LogP contribution in [0.1, 0.15) is 40.2 Å². The van der Waals surface area contributed by atoms with E-state index in [0.29, 0.717) is 5.75 Å². The van der Waals surface area contributed by atoms with Crippen molar-refractivity contribution in [1.82, 2.24) is 4.40 Å². The molecule has 0 radical (unpaired) electrons. The Kier molecular flexibility index (Phi) is 6.02. The molecule has 4 rings (SSSR count). The molecule has 7 heteroatoms. The Balaban J connectivity index is 0.00000225. The largest absolute Gasteiger partial charge is 1.00 e. The number of phenolic OH excluding ortho intramolecular Hbond substituents is 1. The van der Waals surface area contributed by atoms with Gasteiger partial charge in [-0.05, 0) is 72.2 Å². The van der Waals surface area contributed by atoms with Crippen LogP contribution in [0.15, 0.2) is 41.3 Å². The van der Waals surface area contributed by atoms with Crippen LogP contribution in [0.3, 0.4) is 0 Å². The number of aromatic carboxylic acids is 1. The summed E-state index contributed by atoms with van der Waals surface area (Å²) in [5, 5.41) is 21.2. The van der Waals surface area contributed by atoms with E-state index in [4.69, 9.17) is 4.74 Å². The molecule has 1 aliphatic carbocycles. The molecule has 0 unspecified atom stereocenters. The Morgan fingerprint density at radius 3 is 2.57 bits per heavy atom. The number of aromatic nitrogens is 1. The summed E-state index contributed by atoms with van der Waals surface area (Å²) < 4.78 is 6.59. The molecule has 2 aromatic heterocycles. The molecule has 0 aliphatic heterocycles. The minimum Gasteiger partial charge on any atom is -0.545 e. The van der Waals surface area contributed by atoms with Crippen molar-refractivity contribution in [2.45, 2.75) is 25.7 Å². The fraction of sp³-hybridized carbons (Fsp3) is 0.238. The molecule has 28 heavy (non-hydrogen) atoms. The van der Waals surface area contributed by atoms with Crippen LogP contribution in [0.4, 0.5) is 0 Å². The first kappa shape index (κ1) is 21.1. The van der Waals surface area contributed by atoms with Gasteiger partial charge in [-0.1, -0.05) is 6.07 Å². The molecule has 1 N–H and O–H groups in total. The minimum atomic E-state index is -1.46. The number of aromatic hydroxyl groups is 1. The molecule has 1 saturated carbocycles. The zero-order chi connectivity index (χ0) is 19.3. The van der Waals surface area contributed by atoms with E-state index in [0.717, 1.165) is 40.6 Å². The number of phenols is 1. The Hall–Kier alpha value is -1.64. The van der Waals surface area contributed by atoms with Crippen molar-refractivity contribution in [2.75, 3.05) is 7.11 Å². The van der Waals surface area contributed by atoms with E-state index in [1.807, 2.05) is 6.92 Å². The number of hydrogen-bond acceptors (Lipinski definition) is 5. The van der Waals surface area contributed by atoms with Gasteiger partial charge in [-0.3, -0.25) is 9.20 Å². The normalized spacial score (nSPS) is 13.2. The maximum atomic E-state index is 12.6. The van der Waals surface area contributed by atoms with Crippen molar-refractivity contribution in [3.63, 3.8) is 0 Å². The zero-order valence-corrected chi connectivity index (χ0v) is 19.1. The Bertz CT molecular complexity index is 1150. The second kappa shape index (κ2) is 8.00. The summed E-state index contributed by atoms with van der Waals surface area (Å²) in [4.78, 5) is 24.0. The molecule has 2 heterocycles. The number of benzene rings is 1.